The van der Waals surface area contributed by atoms with Crippen LogP contribution in [-0.2, 0) is 16.0 Å². The Kier molecular flexibility index (Phi) is 8.83. The van der Waals surface area contributed by atoms with Gasteiger partial charge >= 0.3 is 0 Å². The Labute approximate surface area is 172 Å². The normalized spacial score (nSPS) is 18.1. The van der Waals surface area contributed by atoms with Crippen LogP contribution in [-0.4, -0.2) is 85.4 Å². The highest BCUT2D eigenvalue weighted by atomic mass is 35.5. The smallest absolute Gasteiger partial charge is 0.227 e. The molecule has 0 bridgehead atoms. The first-order chi connectivity index (χ1) is 12.6. The Morgan fingerprint density at radius 1 is 0.963 bits per heavy atom. The number of rotatable bonds is 5. The summed E-state index contributed by atoms with van der Waals surface area (Å²) in [5, 5.41) is 3.92. The van der Waals surface area contributed by atoms with Crippen molar-refractivity contribution in [3.63, 3.8) is 0 Å². The van der Waals surface area contributed by atoms with E-state index in [9.17, 15) is 9.59 Å². The second-order valence-corrected chi connectivity index (χ2v) is 7.35. The molecule has 0 saturated carbocycles. The number of hydrogen-bond donors (Lipinski definition) is 1. The quantitative estimate of drug-likeness (QED) is 0.787. The number of amides is 2. The summed E-state index contributed by atoms with van der Waals surface area (Å²) in [5.41, 5.74) is 0.951. The Morgan fingerprint density at radius 2 is 1.63 bits per heavy atom. The van der Waals surface area contributed by atoms with Gasteiger partial charge in [-0.15, -0.1) is 12.4 Å². The molecular weight excluding hydrogens is 387 g/mol. The van der Waals surface area contributed by atoms with Crippen molar-refractivity contribution in [3.8, 4) is 0 Å². The molecule has 1 N–H and O–H groups in total. The number of carbonyl (C=O) groups is 2. The van der Waals surface area contributed by atoms with E-state index in [0.29, 0.717) is 17.9 Å². The zero-order valence-corrected chi connectivity index (χ0v) is 17.1. The molecule has 0 spiro atoms. The van der Waals surface area contributed by atoms with Gasteiger partial charge in [-0.3, -0.25) is 14.5 Å². The van der Waals surface area contributed by atoms with E-state index in [2.05, 4.69) is 10.2 Å². The number of carbonyl (C=O) groups excluding carboxylic acids is 2. The summed E-state index contributed by atoms with van der Waals surface area (Å²) in [6, 6.07) is 7.47. The van der Waals surface area contributed by atoms with Gasteiger partial charge in [0, 0.05) is 70.3 Å². The lowest BCUT2D eigenvalue weighted by atomic mass is 10.1. The third-order valence-corrected chi connectivity index (χ3v) is 5.32. The minimum Gasteiger partial charge on any atom is -0.340 e. The third-order valence-electron chi connectivity index (χ3n) is 5.08. The van der Waals surface area contributed by atoms with E-state index >= 15 is 0 Å². The minimum atomic E-state index is 0. The average Bonchev–Trinajstić information content (AvgIpc) is 2.67. The van der Waals surface area contributed by atoms with Crippen molar-refractivity contribution in [2.24, 2.45) is 0 Å². The summed E-state index contributed by atoms with van der Waals surface area (Å²) in [6.45, 7) is 7.28. The van der Waals surface area contributed by atoms with Crippen LogP contribution in [0.25, 0.3) is 0 Å². The molecular formula is C19H28Cl2N4O2. The summed E-state index contributed by atoms with van der Waals surface area (Å²) in [7, 11) is 0. The molecule has 2 amide bonds. The maximum atomic E-state index is 12.5. The molecule has 27 heavy (non-hydrogen) atoms. The van der Waals surface area contributed by atoms with Gasteiger partial charge in [-0.1, -0.05) is 23.7 Å². The second kappa shape index (κ2) is 10.9. The van der Waals surface area contributed by atoms with Gasteiger partial charge in [0.15, 0.2) is 0 Å². The molecule has 3 rings (SSSR count). The first-order valence-corrected chi connectivity index (χ1v) is 9.73. The van der Waals surface area contributed by atoms with Crippen LogP contribution >= 0.6 is 24.0 Å². The maximum Gasteiger partial charge on any atom is 0.227 e. The SMILES string of the molecule is Cl.O=C(CCN1CCN(C(=O)Cc2cccc(Cl)c2)CC1)N1CCNCC1. The van der Waals surface area contributed by atoms with Crippen LogP contribution in [0.2, 0.25) is 5.02 Å². The zero-order chi connectivity index (χ0) is 18.4. The molecule has 0 atom stereocenters. The van der Waals surface area contributed by atoms with Crippen molar-refractivity contribution in [1.82, 2.24) is 20.0 Å². The Morgan fingerprint density at radius 3 is 2.30 bits per heavy atom. The van der Waals surface area contributed by atoms with Crippen LogP contribution in [0.4, 0.5) is 0 Å². The Balaban J connectivity index is 0.00000261. The standard InChI is InChI=1S/C19H27ClN4O2.ClH/c20-17-3-1-2-16(14-17)15-19(26)24-12-10-22(11-13-24)7-4-18(25)23-8-5-21-6-9-23;/h1-3,14,21H,4-13,15H2;1H. The fraction of sp³-hybridized carbons (Fsp3) is 0.579. The van der Waals surface area contributed by atoms with E-state index in [1.807, 2.05) is 34.1 Å². The molecule has 2 aliphatic heterocycles. The van der Waals surface area contributed by atoms with Gasteiger partial charge in [-0.05, 0) is 17.7 Å². The van der Waals surface area contributed by atoms with Crippen LogP contribution in [0.5, 0.6) is 0 Å². The summed E-state index contributed by atoms with van der Waals surface area (Å²) >= 11 is 5.98. The molecule has 2 saturated heterocycles. The highest BCUT2D eigenvalue weighted by Gasteiger charge is 2.22. The van der Waals surface area contributed by atoms with Gasteiger partial charge in [0.05, 0.1) is 6.42 Å². The number of halogens is 2. The molecule has 2 aliphatic rings. The molecule has 0 radical (unpaired) electrons. The van der Waals surface area contributed by atoms with E-state index < -0.39 is 0 Å². The summed E-state index contributed by atoms with van der Waals surface area (Å²) in [5.74, 6) is 0.384. The van der Waals surface area contributed by atoms with E-state index in [0.717, 1.165) is 64.5 Å². The molecule has 0 aromatic heterocycles. The lowest BCUT2D eigenvalue weighted by molar-refractivity contribution is -0.134. The van der Waals surface area contributed by atoms with Gasteiger partial charge in [0.25, 0.3) is 0 Å². The molecule has 8 heteroatoms. The topological polar surface area (TPSA) is 55.9 Å². The van der Waals surface area contributed by atoms with E-state index in [1.54, 1.807) is 0 Å². The van der Waals surface area contributed by atoms with Crippen molar-refractivity contribution in [1.29, 1.82) is 0 Å². The molecule has 0 unspecified atom stereocenters. The largest absolute Gasteiger partial charge is 0.340 e. The summed E-state index contributed by atoms with van der Waals surface area (Å²) in [4.78, 5) is 30.8. The van der Waals surface area contributed by atoms with Gasteiger partial charge < -0.3 is 15.1 Å². The predicted molar refractivity (Wildman–Crippen MR) is 109 cm³/mol. The lowest BCUT2D eigenvalue weighted by Crippen LogP contribution is -2.50. The van der Waals surface area contributed by atoms with Gasteiger partial charge in [0.1, 0.15) is 0 Å². The van der Waals surface area contributed by atoms with Crippen molar-refractivity contribution < 1.29 is 9.59 Å². The first-order valence-electron chi connectivity index (χ1n) is 9.35. The highest BCUT2D eigenvalue weighted by molar-refractivity contribution is 6.30. The van der Waals surface area contributed by atoms with E-state index in [-0.39, 0.29) is 24.2 Å². The second-order valence-electron chi connectivity index (χ2n) is 6.91. The number of hydrogen-bond acceptors (Lipinski definition) is 4. The molecule has 1 aromatic carbocycles. The lowest BCUT2D eigenvalue weighted by Gasteiger charge is -2.35. The van der Waals surface area contributed by atoms with Gasteiger partial charge in [0.2, 0.25) is 11.8 Å². The van der Waals surface area contributed by atoms with Crippen molar-refractivity contribution in [2.75, 3.05) is 58.9 Å². The van der Waals surface area contributed by atoms with Crippen LogP contribution in [0.15, 0.2) is 24.3 Å². The highest BCUT2D eigenvalue weighted by Crippen LogP contribution is 2.13. The third kappa shape index (κ3) is 6.64. The van der Waals surface area contributed by atoms with Crippen molar-refractivity contribution >= 4 is 35.8 Å². The van der Waals surface area contributed by atoms with E-state index in [1.165, 1.54) is 0 Å². The number of piperazine rings is 2. The molecule has 6 nitrogen and oxygen atoms in total. The van der Waals surface area contributed by atoms with Gasteiger partial charge in [-0.2, -0.15) is 0 Å². The van der Waals surface area contributed by atoms with Crippen LogP contribution in [0.3, 0.4) is 0 Å². The van der Waals surface area contributed by atoms with Crippen LogP contribution in [0, 0.1) is 0 Å². The molecule has 150 valence electrons. The van der Waals surface area contributed by atoms with Crippen molar-refractivity contribution in [2.45, 2.75) is 12.8 Å². The maximum absolute atomic E-state index is 12.5. The minimum absolute atomic E-state index is 0. The van der Waals surface area contributed by atoms with Crippen LogP contribution < -0.4 is 5.32 Å². The number of benzene rings is 1. The fourth-order valence-electron chi connectivity index (χ4n) is 3.48. The monoisotopic (exact) mass is 414 g/mol. The molecule has 2 heterocycles. The average molecular weight is 415 g/mol. The summed E-state index contributed by atoms with van der Waals surface area (Å²) in [6.07, 6.45) is 0.957. The number of nitrogens with one attached hydrogen (secondary N) is 1. The fourth-order valence-corrected chi connectivity index (χ4v) is 3.69. The van der Waals surface area contributed by atoms with Crippen molar-refractivity contribution in [3.05, 3.63) is 34.9 Å². The van der Waals surface area contributed by atoms with Gasteiger partial charge in [-0.25, -0.2) is 0 Å². The zero-order valence-electron chi connectivity index (χ0n) is 15.5. The predicted octanol–water partition coefficient (Wildman–Crippen LogP) is 1.27. The molecule has 1 aromatic rings. The summed E-state index contributed by atoms with van der Waals surface area (Å²) < 4.78 is 0. The Bertz CT molecular complexity index is 630. The van der Waals surface area contributed by atoms with E-state index in [4.69, 9.17) is 11.6 Å². The number of nitrogens with zero attached hydrogens (tertiary/aromatic N) is 3. The first kappa shape index (κ1) is 22.0. The Hall–Kier alpha value is -1.34. The molecule has 0 aliphatic carbocycles. The van der Waals surface area contributed by atoms with Crippen LogP contribution in [0.1, 0.15) is 12.0 Å². The molecule has 2 fully saturated rings.